The Hall–Kier alpha value is -3.08. The number of para-hydroxylation sites is 1. The van der Waals surface area contributed by atoms with Gasteiger partial charge in [0.25, 0.3) is 0 Å². The molecule has 2 aromatic rings. The number of benzene rings is 1. The number of rotatable bonds is 9. The van der Waals surface area contributed by atoms with Crippen LogP contribution in [0, 0.1) is 6.92 Å². The maximum atomic E-state index is 12.3. The Labute approximate surface area is 194 Å². The minimum atomic E-state index is 0.0924. The molecule has 1 aromatic heterocycles. The third kappa shape index (κ3) is 5.29. The Bertz CT molecular complexity index is 978. The second-order valence-corrected chi connectivity index (χ2v) is 8.40. The fourth-order valence-corrected chi connectivity index (χ4v) is 4.04. The van der Waals surface area contributed by atoms with Gasteiger partial charge in [-0.2, -0.15) is 5.06 Å². The van der Waals surface area contributed by atoms with Crippen LogP contribution in [0.5, 0.6) is 0 Å². The summed E-state index contributed by atoms with van der Waals surface area (Å²) in [6, 6.07) is 10.1. The van der Waals surface area contributed by atoms with Crippen molar-refractivity contribution >= 4 is 17.5 Å². The standard InChI is InChI=1S/C23H33N7O3/c1-17-22(25-18(2)24-19-14-29(33-16-19)12-13-32-4)30(20-8-6-5-7-9-20)26-23(17)28-11-10-27(3)21(31)15-28/h5-9,19,24-25H,2,10-16H2,1,3-4H3/t19-/m1/s1. The first-order valence-corrected chi connectivity index (χ1v) is 11.2. The largest absolute Gasteiger partial charge is 0.383 e. The van der Waals surface area contributed by atoms with Crippen LogP contribution in [0.2, 0.25) is 0 Å². The molecule has 0 saturated carbocycles. The molecule has 10 nitrogen and oxygen atoms in total. The third-order valence-corrected chi connectivity index (χ3v) is 5.93. The van der Waals surface area contributed by atoms with Crippen molar-refractivity contribution < 1.29 is 14.4 Å². The molecule has 0 unspecified atom stereocenters. The lowest BCUT2D eigenvalue weighted by atomic mass is 10.2. The number of piperazine rings is 1. The van der Waals surface area contributed by atoms with Gasteiger partial charge in [0.15, 0.2) is 5.82 Å². The van der Waals surface area contributed by atoms with Crippen LogP contribution in [0.1, 0.15) is 5.56 Å². The highest BCUT2D eigenvalue weighted by molar-refractivity contribution is 5.83. The maximum absolute atomic E-state index is 12.3. The first kappa shape index (κ1) is 23.1. The number of ether oxygens (including phenoxy) is 1. The molecule has 1 atom stereocenters. The number of nitrogens with zero attached hydrogens (tertiary/aromatic N) is 5. The fourth-order valence-electron chi connectivity index (χ4n) is 4.04. The van der Waals surface area contributed by atoms with Crippen LogP contribution >= 0.6 is 0 Å². The molecule has 1 aromatic carbocycles. The first-order valence-electron chi connectivity index (χ1n) is 11.2. The zero-order valence-corrected chi connectivity index (χ0v) is 19.6. The highest BCUT2D eigenvalue weighted by Gasteiger charge is 2.28. The van der Waals surface area contributed by atoms with Crippen molar-refractivity contribution in [3.05, 3.63) is 48.3 Å². The number of methoxy groups -OCH3 is 1. The van der Waals surface area contributed by atoms with E-state index in [0.717, 1.165) is 42.5 Å². The third-order valence-electron chi connectivity index (χ3n) is 5.93. The van der Waals surface area contributed by atoms with E-state index in [9.17, 15) is 4.79 Å². The van der Waals surface area contributed by atoms with Gasteiger partial charge in [0.05, 0.1) is 37.3 Å². The molecule has 1 amide bonds. The van der Waals surface area contributed by atoms with E-state index >= 15 is 0 Å². The van der Waals surface area contributed by atoms with Gasteiger partial charge in [0.1, 0.15) is 5.82 Å². The van der Waals surface area contributed by atoms with Gasteiger partial charge in [-0.05, 0) is 19.1 Å². The topological polar surface area (TPSA) is 87.1 Å². The second kappa shape index (κ2) is 10.2. The average Bonchev–Trinajstić information content (AvgIpc) is 3.39. The second-order valence-electron chi connectivity index (χ2n) is 8.40. The Morgan fingerprint density at radius 1 is 1.30 bits per heavy atom. The summed E-state index contributed by atoms with van der Waals surface area (Å²) in [6.07, 6.45) is 0. The monoisotopic (exact) mass is 455 g/mol. The molecule has 4 rings (SSSR count). The minimum Gasteiger partial charge on any atom is -0.383 e. The summed E-state index contributed by atoms with van der Waals surface area (Å²) < 4.78 is 6.99. The van der Waals surface area contributed by atoms with Crippen molar-refractivity contribution in [1.82, 2.24) is 25.1 Å². The lowest BCUT2D eigenvalue weighted by molar-refractivity contribution is -0.129. The highest BCUT2D eigenvalue weighted by atomic mass is 16.7. The fraction of sp³-hybridized carbons (Fsp3) is 0.478. The average molecular weight is 456 g/mol. The minimum absolute atomic E-state index is 0.0924. The Kier molecular flexibility index (Phi) is 7.17. The number of hydrogen-bond acceptors (Lipinski definition) is 8. The molecule has 2 aliphatic heterocycles. The van der Waals surface area contributed by atoms with Gasteiger partial charge in [0, 0.05) is 45.9 Å². The van der Waals surface area contributed by atoms with E-state index < -0.39 is 0 Å². The van der Waals surface area contributed by atoms with E-state index in [0.29, 0.717) is 32.1 Å². The highest BCUT2D eigenvalue weighted by Crippen LogP contribution is 2.30. The van der Waals surface area contributed by atoms with Crippen molar-refractivity contribution in [2.75, 3.05) is 70.3 Å². The van der Waals surface area contributed by atoms with Gasteiger partial charge in [-0.3, -0.25) is 9.63 Å². The lowest BCUT2D eigenvalue weighted by Gasteiger charge is -2.32. The summed E-state index contributed by atoms with van der Waals surface area (Å²) in [5.74, 6) is 2.37. The van der Waals surface area contributed by atoms with E-state index in [4.69, 9.17) is 14.7 Å². The molecule has 3 heterocycles. The molecule has 0 bridgehead atoms. The predicted molar refractivity (Wildman–Crippen MR) is 127 cm³/mol. The summed E-state index contributed by atoms with van der Waals surface area (Å²) in [7, 11) is 3.52. The van der Waals surface area contributed by atoms with Gasteiger partial charge in [-0.15, -0.1) is 5.10 Å². The van der Waals surface area contributed by atoms with E-state index in [1.54, 1.807) is 12.0 Å². The molecule has 0 aliphatic carbocycles. The van der Waals surface area contributed by atoms with Crippen LogP contribution in [0.15, 0.2) is 42.7 Å². The smallest absolute Gasteiger partial charge is 0.241 e. The van der Waals surface area contributed by atoms with Crippen molar-refractivity contribution in [2.45, 2.75) is 13.0 Å². The molecular formula is C23H33N7O3. The molecule has 0 spiro atoms. The van der Waals surface area contributed by atoms with E-state index in [2.05, 4.69) is 17.2 Å². The predicted octanol–water partition coefficient (Wildman–Crippen LogP) is 1.19. The van der Waals surface area contributed by atoms with Crippen molar-refractivity contribution in [3.63, 3.8) is 0 Å². The van der Waals surface area contributed by atoms with Gasteiger partial charge < -0.3 is 25.2 Å². The van der Waals surface area contributed by atoms with Crippen molar-refractivity contribution in [2.24, 2.45) is 0 Å². The van der Waals surface area contributed by atoms with Crippen molar-refractivity contribution in [1.29, 1.82) is 0 Å². The summed E-state index contributed by atoms with van der Waals surface area (Å²) in [6.45, 7) is 10.6. The summed E-state index contributed by atoms with van der Waals surface area (Å²) in [4.78, 5) is 21.8. The molecule has 10 heteroatoms. The quantitative estimate of drug-likeness (QED) is 0.583. The van der Waals surface area contributed by atoms with Crippen LogP contribution in [-0.2, 0) is 14.4 Å². The zero-order valence-electron chi connectivity index (χ0n) is 19.6. The summed E-state index contributed by atoms with van der Waals surface area (Å²) in [5, 5.41) is 13.6. The maximum Gasteiger partial charge on any atom is 0.241 e. The van der Waals surface area contributed by atoms with Crippen molar-refractivity contribution in [3.8, 4) is 5.69 Å². The molecule has 0 radical (unpaired) electrons. The number of hydrogen-bond donors (Lipinski definition) is 2. The van der Waals surface area contributed by atoms with E-state index in [1.807, 2.05) is 58.9 Å². The molecule has 33 heavy (non-hydrogen) atoms. The van der Waals surface area contributed by atoms with Crippen LogP contribution in [0.4, 0.5) is 11.6 Å². The summed E-state index contributed by atoms with van der Waals surface area (Å²) >= 11 is 0. The Balaban J connectivity index is 1.52. The molecule has 2 aliphatic rings. The molecule has 2 fully saturated rings. The van der Waals surface area contributed by atoms with Gasteiger partial charge >= 0.3 is 0 Å². The Morgan fingerprint density at radius 2 is 2.09 bits per heavy atom. The Morgan fingerprint density at radius 3 is 2.82 bits per heavy atom. The number of hydroxylamine groups is 2. The van der Waals surface area contributed by atoms with E-state index in [-0.39, 0.29) is 11.9 Å². The van der Waals surface area contributed by atoms with E-state index in [1.165, 1.54) is 0 Å². The molecule has 2 saturated heterocycles. The lowest BCUT2D eigenvalue weighted by Crippen LogP contribution is -2.48. The molecule has 178 valence electrons. The number of carbonyl (C=O) groups is 1. The number of nitrogens with one attached hydrogen (secondary N) is 2. The van der Waals surface area contributed by atoms with Crippen LogP contribution in [-0.4, -0.2) is 91.8 Å². The van der Waals surface area contributed by atoms with Crippen LogP contribution in [0.25, 0.3) is 5.69 Å². The van der Waals surface area contributed by atoms with Crippen LogP contribution in [0.3, 0.4) is 0 Å². The normalized spacial score (nSPS) is 19.2. The summed E-state index contributed by atoms with van der Waals surface area (Å²) in [5.41, 5.74) is 1.89. The van der Waals surface area contributed by atoms with Crippen LogP contribution < -0.4 is 15.5 Å². The SMILES string of the molecule is C=C(Nc1c(C)c(N2CCN(C)C(=O)C2)nn1-c1ccccc1)N[C@H]1CON(CCOC)C1. The molecule has 2 N–H and O–H groups in total. The van der Waals surface area contributed by atoms with Gasteiger partial charge in [-0.1, -0.05) is 24.8 Å². The number of carbonyl (C=O) groups excluding carboxylic acids is 1. The zero-order chi connectivity index (χ0) is 23.4. The number of aromatic nitrogens is 2. The van der Waals surface area contributed by atoms with Gasteiger partial charge in [0.2, 0.25) is 5.91 Å². The number of likely N-dealkylation sites (N-methyl/N-ethyl adjacent to an activating group) is 1. The number of amides is 1. The molecular weight excluding hydrogens is 422 g/mol. The van der Waals surface area contributed by atoms with Gasteiger partial charge in [-0.25, -0.2) is 4.68 Å². The number of anilines is 2. The first-order chi connectivity index (χ1) is 16.0.